The standard InChI is InChI=1S/C14H17N3O3/c1-2-8-14(10-6-4-3-5-7-10)12(19)17(9-11(15)18)13(20)16-14/h3-7H,2,8-9H2,1H3,(H2,15,18)(H,16,20)/t14-/m1/s1. The highest BCUT2D eigenvalue weighted by molar-refractivity contribution is 6.09. The van der Waals surface area contributed by atoms with Crippen molar-refractivity contribution in [1.29, 1.82) is 0 Å². The summed E-state index contributed by atoms with van der Waals surface area (Å²) in [5, 5.41) is 2.72. The van der Waals surface area contributed by atoms with E-state index in [1.54, 1.807) is 12.1 Å². The maximum absolute atomic E-state index is 12.6. The predicted molar refractivity (Wildman–Crippen MR) is 72.5 cm³/mol. The SMILES string of the molecule is CCC[C@]1(c2ccccc2)NC(=O)N(CC(N)=O)C1=O. The molecule has 6 nitrogen and oxygen atoms in total. The molecule has 2 rings (SSSR count). The zero-order chi connectivity index (χ0) is 14.8. The highest BCUT2D eigenvalue weighted by Gasteiger charge is 2.51. The van der Waals surface area contributed by atoms with Gasteiger partial charge in [-0.15, -0.1) is 0 Å². The second-order valence-electron chi connectivity index (χ2n) is 4.81. The van der Waals surface area contributed by atoms with E-state index in [9.17, 15) is 14.4 Å². The Kier molecular flexibility index (Phi) is 3.74. The highest BCUT2D eigenvalue weighted by atomic mass is 16.2. The molecule has 0 radical (unpaired) electrons. The van der Waals surface area contributed by atoms with E-state index in [0.29, 0.717) is 18.4 Å². The van der Waals surface area contributed by atoms with Crippen molar-refractivity contribution in [3.63, 3.8) is 0 Å². The Morgan fingerprint density at radius 2 is 1.95 bits per heavy atom. The Hall–Kier alpha value is -2.37. The normalized spacial score (nSPS) is 21.9. The van der Waals surface area contributed by atoms with Crippen LogP contribution in [0.3, 0.4) is 0 Å². The molecule has 0 aromatic heterocycles. The van der Waals surface area contributed by atoms with Crippen LogP contribution in [-0.4, -0.2) is 29.3 Å². The molecule has 0 spiro atoms. The molecular weight excluding hydrogens is 258 g/mol. The van der Waals surface area contributed by atoms with Crippen LogP contribution in [-0.2, 0) is 15.1 Å². The van der Waals surface area contributed by atoms with Crippen LogP contribution in [0.1, 0.15) is 25.3 Å². The number of hydrogen-bond donors (Lipinski definition) is 2. The third-order valence-corrected chi connectivity index (χ3v) is 3.38. The molecule has 1 aromatic carbocycles. The quantitative estimate of drug-likeness (QED) is 0.775. The minimum absolute atomic E-state index is 0.400. The number of nitrogens with two attached hydrogens (primary N) is 1. The van der Waals surface area contributed by atoms with E-state index in [1.165, 1.54) is 0 Å². The average Bonchev–Trinajstić information content (AvgIpc) is 2.65. The first-order valence-electron chi connectivity index (χ1n) is 6.49. The first-order chi connectivity index (χ1) is 9.51. The van der Waals surface area contributed by atoms with Crippen molar-refractivity contribution in [2.45, 2.75) is 25.3 Å². The van der Waals surface area contributed by atoms with Gasteiger partial charge in [0.15, 0.2) is 0 Å². The predicted octanol–water partition coefficient (Wildman–Crippen LogP) is 0.719. The lowest BCUT2D eigenvalue weighted by Crippen LogP contribution is -2.44. The molecule has 4 amide bonds. The van der Waals surface area contributed by atoms with Gasteiger partial charge in [0.1, 0.15) is 12.1 Å². The molecule has 0 unspecified atom stereocenters. The van der Waals surface area contributed by atoms with Crippen LogP contribution in [0.5, 0.6) is 0 Å². The second-order valence-corrected chi connectivity index (χ2v) is 4.81. The van der Waals surface area contributed by atoms with E-state index in [1.807, 2.05) is 25.1 Å². The number of benzene rings is 1. The van der Waals surface area contributed by atoms with Gasteiger partial charge >= 0.3 is 6.03 Å². The fraction of sp³-hybridized carbons (Fsp3) is 0.357. The minimum atomic E-state index is -1.09. The Balaban J connectivity index is 2.42. The lowest BCUT2D eigenvalue weighted by Gasteiger charge is -2.26. The topological polar surface area (TPSA) is 92.5 Å². The number of amides is 4. The van der Waals surface area contributed by atoms with Gasteiger partial charge in [0.25, 0.3) is 5.91 Å². The second kappa shape index (κ2) is 5.32. The van der Waals surface area contributed by atoms with Crippen LogP contribution in [0.15, 0.2) is 30.3 Å². The fourth-order valence-corrected chi connectivity index (χ4v) is 2.53. The minimum Gasteiger partial charge on any atom is -0.368 e. The summed E-state index contributed by atoms with van der Waals surface area (Å²) in [5.41, 5.74) is 4.71. The van der Waals surface area contributed by atoms with E-state index in [-0.39, 0.29) is 0 Å². The molecule has 6 heteroatoms. The van der Waals surface area contributed by atoms with Crippen molar-refractivity contribution in [3.05, 3.63) is 35.9 Å². The monoisotopic (exact) mass is 275 g/mol. The van der Waals surface area contributed by atoms with Gasteiger partial charge in [-0.2, -0.15) is 0 Å². The van der Waals surface area contributed by atoms with Gasteiger partial charge in [0, 0.05) is 0 Å². The number of hydrogen-bond acceptors (Lipinski definition) is 3. The summed E-state index contributed by atoms with van der Waals surface area (Å²) < 4.78 is 0. The van der Waals surface area contributed by atoms with Crippen LogP contribution in [0, 0.1) is 0 Å². The summed E-state index contributed by atoms with van der Waals surface area (Å²) in [6.45, 7) is 1.53. The number of urea groups is 1. The first-order valence-corrected chi connectivity index (χ1v) is 6.49. The Bertz CT molecular complexity index is 544. The lowest BCUT2D eigenvalue weighted by molar-refractivity contribution is -0.134. The van der Waals surface area contributed by atoms with Crippen molar-refractivity contribution < 1.29 is 14.4 Å². The van der Waals surface area contributed by atoms with Gasteiger partial charge in [-0.25, -0.2) is 4.79 Å². The number of imide groups is 1. The van der Waals surface area contributed by atoms with Gasteiger partial charge in [-0.1, -0.05) is 43.7 Å². The number of primary amides is 1. The van der Waals surface area contributed by atoms with Crippen molar-refractivity contribution in [2.75, 3.05) is 6.54 Å². The number of nitrogens with one attached hydrogen (secondary N) is 1. The number of nitrogens with zero attached hydrogens (tertiary/aromatic N) is 1. The van der Waals surface area contributed by atoms with Gasteiger partial charge in [0.2, 0.25) is 5.91 Å². The van der Waals surface area contributed by atoms with Crippen molar-refractivity contribution in [2.24, 2.45) is 5.73 Å². The summed E-state index contributed by atoms with van der Waals surface area (Å²) in [4.78, 5) is 36.4. The smallest absolute Gasteiger partial charge is 0.325 e. The van der Waals surface area contributed by atoms with Gasteiger partial charge in [0.05, 0.1) is 0 Å². The number of carbonyl (C=O) groups excluding carboxylic acids is 3. The van der Waals surface area contributed by atoms with Crippen molar-refractivity contribution >= 4 is 17.8 Å². The number of rotatable bonds is 5. The third kappa shape index (κ3) is 2.24. The maximum atomic E-state index is 12.6. The van der Waals surface area contributed by atoms with Crippen LogP contribution in [0.4, 0.5) is 4.79 Å². The summed E-state index contributed by atoms with van der Waals surface area (Å²) in [7, 11) is 0. The average molecular weight is 275 g/mol. The first kappa shape index (κ1) is 14.0. The largest absolute Gasteiger partial charge is 0.368 e. The molecule has 20 heavy (non-hydrogen) atoms. The molecule has 1 heterocycles. The van der Waals surface area contributed by atoms with Crippen LogP contribution in [0.25, 0.3) is 0 Å². The summed E-state index contributed by atoms with van der Waals surface area (Å²) in [6.07, 6.45) is 1.18. The Morgan fingerprint density at radius 3 is 2.50 bits per heavy atom. The molecule has 0 saturated carbocycles. The molecule has 0 aliphatic carbocycles. The fourth-order valence-electron chi connectivity index (χ4n) is 2.53. The molecule has 3 N–H and O–H groups in total. The van der Waals surface area contributed by atoms with Crippen molar-refractivity contribution in [1.82, 2.24) is 10.2 Å². The summed E-state index contributed by atoms with van der Waals surface area (Å²) in [5.74, 6) is -1.14. The summed E-state index contributed by atoms with van der Waals surface area (Å²) >= 11 is 0. The highest BCUT2D eigenvalue weighted by Crippen LogP contribution is 2.33. The van der Waals surface area contributed by atoms with Crippen LogP contribution < -0.4 is 11.1 Å². The molecule has 0 bridgehead atoms. The number of carbonyl (C=O) groups is 3. The van der Waals surface area contributed by atoms with E-state index in [0.717, 1.165) is 4.90 Å². The summed E-state index contributed by atoms with van der Waals surface area (Å²) in [6, 6.07) is 8.46. The molecule has 1 atom stereocenters. The van der Waals surface area contributed by atoms with E-state index >= 15 is 0 Å². The van der Waals surface area contributed by atoms with Gasteiger partial charge in [-0.3, -0.25) is 14.5 Å². The van der Waals surface area contributed by atoms with E-state index < -0.39 is 29.9 Å². The molecule has 1 aromatic rings. The lowest BCUT2D eigenvalue weighted by atomic mass is 9.85. The van der Waals surface area contributed by atoms with Crippen LogP contribution in [0.2, 0.25) is 0 Å². The maximum Gasteiger partial charge on any atom is 0.325 e. The van der Waals surface area contributed by atoms with Gasteiger partial charge < -0.3 is 11.1 Å². The van der Waals surface area contributed by atoms with Crippen molar-refractivity contribution in [3.8, 4) is 0 Å². The third-order valence-electron chi connectivity index (χ3n) is 3.38. The zero-order valence-electron chi connectivity index (χ0n) is 11.3. The molecule has 106 valence electrons. The van der Waals surface area contributed by atoms with Crippen LogP contribution >= 0.6 is 0 Å². The van der Waals surface area contributed by atoms with E-state index in [4.69, 9.17) is 5.73 Å². The zero-order valence-corrected chi connectivity index (χ0v) is 11.3. The van der Waals surface area contributed by atoms with Gasteiger partial charge in [-0.05, 0) is 12.0 Å². The molecule has 1 aliphatic heterocycles. The molecule has 1 fully saturated rings. The Morgan fingerprint density at radius 1 is 1.30 bits per heavy atom. The van der Waals surface area contributed by atoms with E-state index in [2.05, 4.69) is 5.32 Å². The molecular formula is C14H17N3O3. The molecule has 1 aliphatic rings. The Labute approximate surface area is 116 Å². The molecule has 1 saturated heterocycles.